The molecule has 0 atom stereocenters. The zero-order chi connectivity index (χ0) is 8.18. The molecule has 1 N–H and O–H groups in total. The molecule has 0 heterocycles. The summed E-state index contributed by atoms with van der Waals surface area (Å²) in [5.74, 6) is 3.01. The lowest BCUT2D eigenvalue weighted by atomic mass is 9.53. The van der Waals surface area contributed by atoms with Crippen LogP contribution in [0.3, 0.4) is 0 Å². The van der Waals surface area contributed by atoms with Crippen LogP contribution in [0.5, 0.6) is 0 Å². The third-order valence-electron chi connectivity index (χ3n) is 4.24. The maximum Gasteiger partial charge on any atom is 0.0339 e. The number of hydrogen-bond donors (Lipinski definition) is 1. The topological polar surface area (TPSA) is 12.0 Å². The number of hydrogen-bond acceptors (Lipinski definition) is 1. The Bertz CT molecular complexity index is 167. The summed E-state index contributed by atoms with van der Waals surface area (Å²) in [4.78, 5) is 3.08. The highest BCUT2D eigenvalue weighted by Crippen LogP contribution is 2.55. The van der Waals surface area contributed by atoms with Crippen molar-refractivity contribution < 1.29 is 0 Å². The largest absolute Gasteiger partial charge is 0.227 e. The molecule has 12 heavy (non-hydrogen) atoms. The van der Waals surface area contributed by atoms with E-state index in [0.29, 0.717) is 5.54 Å². The van der Waals surface area contributed by atoms with Gasteiger partial charge >= 0.3 is 0 Å². The smallest absolute Gasteiger partial charge is 0.0339 e. The van der Waals surface area contributed by atoms with Crippen molar-refractivity contribution in [2.24, 2.45) is 17.8 Å². The second-order valence-corrected chi connectivity index (χ2v) is 5.48. The van der Waals surface area contributed by atoms with Gasteiger partial charge in [0.05, 0.1) is 0 Å². The lowest BCUT2D eigenvalue weighted by molar-refractivity contribution is -0.00794. The molecule has 4 fully saturated rings. The van der Waals surface area contributed by atoms with Crippen molar-refractivity contribution in [2.45, 2.75) is 44.1 Å². The van der Waals surface area contributed by atoms with Gasteiger partial charge in [0.1, 0.15) is 0 Å². The van der Waals surface area contributed by atoms with E-state index in [1.807, 2.05) is 0 Å². The van der Waals surface area contributed by atoms with E-state index in [4.69, 9.17) is 11.8 Å². The Labute approximate surface area is 79.0 Å². The number of nitrogens with one attached hydrogen (secondary N) is 1. The third-order valence-corrected chi connectivity index (χ3v) is 4.64. The van der Waals surface area contributed by atoms with Crippen LogP contribution in [0.4, 0.5) is 0 Å². The molecule has 4 aliphatic rings. The maximum atomic E-state index is 5.87. The molecule has 68 valence electrons. The van der Waals surface area contributed by atoms with Gasteiger partial charge in [-0.3, -0.25) is 0 Å². The van der Waals surface area contributed by atoms with Gasteiger partial charge in [0.15, 0.2) is 0 Å². The minimum atomic E-state index is 0.357. The fraction of sp³-hybridized carbons (Fsp3) is 1.00. The van der Waals surface area contributed by atoms with E-state index in [2.05, 4.69) is 4.84 Å². The summed E-state index contributed by atoms with van der Waals surface area (Å²) < 4.78 is 0. The predicted octanol–water partition coefficient (Wildman–Crippen LogP) is 2.70. The summed E-state index contributed by atoms with van der Waals surface area (Å²) in [7, 11) is 0. The van der Waals surface area contributed by atoms with Crippen LogP contribution in [0.25, 0.3) is 0 Å². The summed E-state index contributed by atoms with van der Waals surface area (Å²) in [6.45, 7) is 0. The average Bonchev–Trinajstić information content (AvgIpc) is 2.02. The fourth-order valence-electron chi connectivity index (χ4n) is 4.23. The first kappa shape index (κ1) is 7.64. The van der Waals surface area contributed by atoms with Gasteiger partial charge in [-0.15, -0.1) is 0 Å². The Morgan fingerprint density at radius 2 is 1.33 bits per heavy atom. The van der Waals surface area contributed by atoms with Crippen LogP contribution in [-0.4, -0.2) is 5.54 Å². The zero-order valence-corrected chi connectivity index (χ0v) is 8.11. The van der Waals surface area contributed by atoms with Crippen LogP contribution >= 0.6 is 11.8 Å². The van der Waals surface area contributed by atoms with Crippen LogP contribution in [0.1, 0.15) is 38.5 Å². The molecule has 0 spiro atoms. The summed E-state index contributed by atoms with van der Waals surface area (Å²) in [6.07, 6.45) is 8.54. The molecule has 0 unspecified atom stereocenters. The first-order valence-corrected chi connectivity index (χ1v) is 5.55. The molecule has 0 saturated heterocycles. The molecule has 4 bridgehead atoms. The highest BCUT2D eigenvalue weighted by Gasteiger charge is 2.50. The van der Waals surface area contributed by atoms with Gasteiger partial charge in [-0.2, -0.15) is 0 Å². The van der Waals surface area contributed by atoms with Crippen LogP contribution in [0.15, 0.2) is 0 Å². The van der Waals surface area contributed by atoms with Gasteiger partial charge in [-0.05, 0) is 68.1 Å². The predicted molar refractivity (Wildman–Crippen MR) is 49.9 cm³/mol. The molecule has 2 heteroatoms. The maximum absolute atomic E-state index is 5.87. The molecule has 0 aromatic heterocycles. The molecule has 0 aliphatic heterocycles. The number of rotatable bonds is 1. The van der Waals surface area contributed by atoms with E-state index < -0.39 is 0 Å². The van der Waals surface area contributed by atoms with Gasteiger partial charge in [-0.1, -0.05) is 0 Å². The van der Waals surface area contributed by atoms with E-state index in [9.17, 15) is 0 Å². The Morgan fingerprint density at radius 1 is 0.917 bits per heavy atom. The second-order valence-electron chi connectivity index (χ2n) is 5.29. The molecular weight excluding hydrogens is 170 g/mol. The van der Waals surface area contributed by atoms with E-state index in [1.54, 1.807) is 0 Å². The first-order valence-electron chi connectivity index (χ1n) is 5.17. The van der Waals surface area contributed by atoms with Crippen LogP contribution in [0.2, 0.25) is 0 Å². The van der Waals surface area contributed by atoms with Crippen molar-refractivity contribution in [1.82, 2.24) is 4.84 Å². The van der Waals surface area contributed by atoms with Crippen molar-refractivity contribution in [2.75, 3.05) is 0 Å². The van der Waals surface area contributed by atoms with Crippen molar-refractivity contribution in [3.63, 3.8) is 0 Å². The molecule has 1 nitrogen and oxygen atoms in total. The zero-order valence-electron chi connectivity index (χ0n) is 7.35. The fourth-order valence-corrected chi connectivity index (χ4v) is 4.46. The van der Waals surface area contributed by atoms with Crippen molar-refractivity contribution in [3.8, 4) is 0 Å². The van der Waals surface area contributed by atoms with Gasteiger partial charge < -0.3 is 0 Å². The molecule has 4 aliphatic carbocycles. The molecule has 0 radical (unpaired) electrons. The summed E-state index contributed by atoms with van der Waals surface area (Å²) in [5, 5.41) is 0. The number of halogens is 1. The highest BCUT2D eigenvalue weighted by atomic mass is 35.5. The lowest BCUT2D eigenvalue weighted by Gasteiger charge is -2.56. The third kappa shape index (κ3) is 0.958. The minimum Gasteiger partial charge on any atom is -0.227 e. The molecule has 4 saturated carbocycles. The standard InChI is InChI=1S/C10H16ClN/c11-12-10-4-7-1-8(5-10)3-9(2-7)6-10/h7-9,12H,1-6H2. The van der Waals surface area contributed by atoms with Crippen molar-refractivity contribution in [3.05, 3.63) is 0 Å². The SMILES string of the molecule is ClNC12CC3CC(CC(C3)C1)C2. The molecule has 0 amide bonds. The monoisotopic (exact) mass is 185 g/mol. The summed E-state index contributed by atoms with van der Waals surface area (Å²) in [6, 6.07) is 0. The van der Waals surface area contributed by atoms with Crippen molar-refractivity contribution in [1.29, 1.82) is 0 Å². The molecular formula is C10H16ClN. The molecule has 4 rings (SSSR count). The average molecular weight is 186 g/mol. The Kier molecular flexibility index (Phi) is 1.52. The molecule has 0 aromatic carbocycles. The summed E-state index contributed by atoms with van der Waals surface area (Å²) in [5.41, 5.74) is 0.357. The quantitative estimate of drug-likeness (QED) is 0.620. The van der Waals surface area contributed by atoms with Gasteiger partial charge in [-0.25, -0.2) is 4.84 Å². The van der Waals surface area contributed by atoms with Gasteiger partial charge in [0, 0.05) is 5.54 Å². The normalized spacial score (nSPS) is 56.2. The van der Waals surface area contributed by atoms with Gasteiger partial charge in [0.25, 0.3) is 0 Å². The highest BCUT2D eigenvalue weighted by molar-refractivity contribution is 6.13. The second kappa shape index (κ2) is 2.39. The van der Waals surface area contributed by atoms with E-state index in [0.717, 1.165) is 17.8 Å². The van der Waals surface area contributed by atoms with E-state index in [1.165, 1.54) is 38.5 Å². The Hall–Kier alpha value is 0.250. The van der Waals surface area contributed by atoms with Gasteiger partial charge in [0.2, 0.25) is 0 Å². The van der Waals surface area contributed by atoms with Crippen LogP contribution in [-0.2, 0) is 0 Å². The van der Waals surface area contributed by atoms with Crippen molar-refractivity contribution >= 4 is 11.8 Å². The summed E-state index contributed by atoms with van der Waals surface area (Å²) >= 11 is 5.87. The van der Waals surface area contributed by atoms with Crippen LogP contribution < -0.4 is 4.84 Å². The molecule has 0 aromatic rings. The Balaban J connectivity index is 1.90. The minimum absolute atomic E-state index is 0.357. The van der Waals surface area contributed by atoms with E-state index in [-0.39, 0.29) is 0 Å². The Morgan fingerprint density at radius 3 is 1.67 bits per heavy atom. The first-order chi connectivity index (χ1) is 5.80. The lowest BCUT2D eigenvalue weighted by Crippen LogP contribution is -2.55. The van der Waals surface area contributed by atoms with E-state index >= 15 is 0 Å². The van der Waals surface area contributed by atoms with Crippen LogP contribution in [0, 0.1) is 17.8 Å².